The molecule has 1 amide bonds. The van der Waals surface area contributed by atoms with Crippen molar-refractivity contribution in [3.63, 3.8) is 0 Å². The Balaban J connectivity index is 1.73. The lowest BCUT2D eigenvalue weighted by Crippen LogP contribution is -2.14. The van der Waals surface area contributed by atoms with Crippen LogP contribution < -0.4 is 5.32 Å². The molecule has 0 bridgehead atoms. The van der Waals surface area contributed by atoms with Crippen LogP contribution >= 0.6 is 0 Å². The molecule has 0 fully saturated rings. The Kier molecular flexibility index (Phi) is 5.32. The van der Waals surface area contributed by atoms with Crippen LogP contribution in [0.4, 0.5) is 5.69 Å². The second kappa shape index (κ2) is 8.07. The van der Waals surface area contributed by atoms with Gasteiger partial charge in [0.15, 0.2) is 5.78 Å². The van der Waals surface area contributed by atoms with E-state index in [-0.39, 0.29) is 30.3 Å². The molecule has 2 aromatic rings. The van der Waals surface area contributed by atoms with Crippen molar-refractivity contribution in [1.29, 1.82) is 0 Å². The van der Waals surface area contributed by atoms with Gasteiger partial charge in [0.1, 0.15) is 5.78 Å². The SMILES string of the molecule is CC(=O)CCC(=O)Nc1ccc(C2=C3C=CC(=O)C=C3Cc3ccccc32)c(C)c1. The molecule has 2 aliphatic rings. The molecule has 2 aliphatic carbocycles. The standard InChI is InChI=1S/C26H23NO3/c1-16-13-20(27-25(30)12-7-17(2)28)8-10-22(16)26-23-6-4-3-5-18(23)14-19-15-21(29)9-11-24(19)26/h3-6,8-11,13,15H,7,12,14H2,1-2H3,(H,27,30). The first-order chi connectivity index (χ1) is 14.4. The second-order valence-electron chi connectivity index (χ2n) is 7.81. The van der Waals surface area contributed by atoms with Crippen molar-refractivity contribution in [2.45, 2.75) is 33.1 Å². The van der Waals surface area contributed by atoms with Gasteiger partial charge in [-0.3, -0.25) is 9.59 Å². The number of rotatable bonds is 5. The molecule has 30 heavy (non-hydrogen) atoms. The van der Waals surface area contributed by atoms with Crippen molar-refractivity contribution < 1.29 is 14.4 Å². The van der Waals surface area contributed by atoms with Gasteiger partial charge in [0.2, 0.25) is 5.91 Å². The molecule has 2 aromatic carbocycles. The molecule has 150 valence electrons. The van der Waals surface area contributed by atoms with Crippen molar-refractivity contribution in [3.05, 3.63) is 94.1 Å². The molecule has 1 N–H and O–H groups in total. The molecular formula is C26H23NO3. The van der Waals surface area contributed by atoms with E-state index in [2.05, 4.69) is 17.4 Å². The number of anilines is 1. The van der Waals surface area contributed by atoms with E-state index in [1.807, 2.05) is 43.3 Å². The topological polar surface area (TPSA) is 63.2 Å². The van der Waals surface area contributed by atoms with Gasteiger partial charge < -0.3 is 10.1 Å². The van der Waals surface area contributed by atoms with E-state index in [1.54, 1.807) is 12.2 Å². The van der Waals surface area contributed by atoms with Gasteiger partial charge in [0, 0.05) is 18.5 Å². The van der Waals surface area contributed by atoms with Gasteiger partial charge in [-0.2, -0.15) is 0 Å². The third kappa shape index (κ3) is 3.94. The summed E-state index contributed by atoms with van der Waals surface area (Å²) in [5, 5.41) is 2.87. The summed E-state index contributed by atoms with van der Waals surface area (Å²) in [7, 11) is 0. The molecule has 4 rings (SSSR count). The predicted octanol–water partition coefficient (Wildman–Crippen LogP) is 4.73. The number of carbonyl (C=O) groups is 3. The van der Waals surface area contributed by atoms with Gasteiger partial charge in [-0.15, -0.1) is 0 Å². The minimum atomic E-state index is -0.165. The summed E-state index contributed by atoms with van der Waals surface area (Å²) < 4.78 is 0. The Hall–Kier alpha value is -3.53. The van der Waals surface area contributed by atoms with Gasteiger partial charge >= 0.3 is 0 Å². The predicted molar refractivity (Wildman–Crippen MR) is 118 cm³/mol. The quantitative estimate of drug-likeness (QED) is 0.794. The van der Waals surface area contributed by atoms with Crippen LogP contribution in [0.3, 0.4) is 0 Å². The molecule has 0 unspecified atom stereocenters. The Bertz CT molecular complexity index is 1160. The van der Waals surface area contributed by atoms with Crippen LogP contribution in [0.5, 0.6) is 0 Å². The summed E-state index contributed by atoms with van der Waals surface area (Å²) >= 11 is 0. The maximum atomic E-state index is 12.1. The monoisotopic (exact) mass is 397 g/mol. The number of Topliss-reactive ketones (excluding diaryl/α,β-unsaturated/α-hetero) is 1. The Morgan fingerprint density at radius 3 is 2.57 bits per heavy atom. The van der Waals surface area contributed by atoms with Gasteiger partial charge in [-0.25, -0.2) is 0 Å². The van der Waals surface area contributed by atoms with Gasteiger partial charge in [-0.05, 0) is 83.5 Å². The number of hydrogen-bond acceptors (Lipinski definition) is 3. The van der Waals surface area contributed by atoms with Crippen molar-refractivity contribution in [2.24, 2.45) is 0 Å². The maximum Gasteiger partial charge on any atom is 0.224 e. The number of aryl methyl sites for hydroxylation is 1. The zero-order valence-corrected chi connectivity index (χ0v) is 17.1. The number of fused-ring (bicyclic) bond motifs is 2. The van der Waals surface area contributed by atoms with Crippen molar-refractivity contribution in [1.82, 2.24) is 0 Å². The Morgan fingerprint density at radius 2 is 1.80 bits per heavy atom. The molecule has 0 atom stereocenters. The molecule has 0 spiro atoms. The lowest BCUT2D eigenvalue weighted by Gasteiger charge is -2.27. The fourth-order valence-corrected chi connectivity index (χ4v) is 4.05. The highest BCUT2D eigenvalue weighted by atomic mass is 16.2. The largest absolute Gasteiger partial charge is 0.326 e. The summed E-state index contributed by atoms with van der Waals surface area (Å²) in [5.74, 6) is -0.141. The third-order valence-electron chi connectivity index (χ3n) is 5.50. The van der Waals surface area contributed by atoms with Crippen molar-refractivity contribution in [2.75, 3.05) is 5.32 Å². The van der Waals surface area contributed by atoms with E-state index in [9.17, 15) is 14.4 Å². The highest BCUT2D eigenvalue weighted by Gasteiger charge is 2.25. The molecule has 0 aliphatic heterocycles. The number of hydrogen-bond donors (Lipinski definition) is 1. The summed E-state index contributed by atoms with van der Waals surface area (Å²) in [6.45, 7) is 3.51. The maximum absolute atomic E-state index is 12.1. The van der Waals surface area contributed by atoms with Gasteiger partial charge in [-0.1, -0.05) is 36.4 Å². The van der Waals surface area contributed by atoms with Crippen molar-refractivity contribution in [3.8, 4) is 0 Å². The van der Waals surface area contributed by atoms with E-state index in [1.165, 1.54) is 18.1 Å². The van der Waals surface area contributed by atoms with Crippen LogP contribution in [0.15, 0.2) is 71.8 Å². The van der Waals surface area contributed by atoms with Crippen LogP contribution in [-0.2, 0) is 20.8 Å². The van der Waals surface area contributed by atoms with E-state index in [0.29, 0.717) is 5.69 Å². The first-order valence-corrected chi connectivity index (χ1v) is 10.1. The molecule has 0 saturated heterocycles. The van der Waals surface area contributed by atoms with E-state index >= 15 is 0 Å². The number of benzene rings is 2. The summed E-state index contributed by atoms with van der Waals surface area (Å²) in [5.41, 5.74) is 8.42. The number of ketones is 2. The summed E-state index contributed by atoms with van der Waals surface area (Å²) in [6.07, 6.45) is 6.44. The lowest BCUT2D eigenvalue weighted by atomic mass is 9.77. The fraction of sp³-hybridized carbons (Fsp3) is 0.192. The van der Waals surface area contributed by atoms with E-state index < -0.39 is 0 Å². The second-order valence-corrected chi connectivity index (χ2v) is 7.81. The molecule has 4 nitrogen and oxygen atoms in total. The van der Waals surface area contributed by atoms with Crippen LogP contribution in [0.25, 0.3) is 5.57 Å². The molecule has 0 aromatic heterocycles. The Morgan fingerprint density at radius 1 is 1.00 bits per heavy atom. The smallest absolute Gasteiger partial charge is 0.224 e. The normalized spacial score (nSPS) is 14.7. The van der Waals surface area contributed by atoms with Crippen LogP contribution in [0.1, 0.15) is 42.0 Å². The van der Waals surface area contributed by atoms with Crippen LogP contribution in [0.2, 0.25) is 0 Å². The first kappa shape index (κ1) is 19.8. The van der Waals surface area contributed by atoms with Gasteiger partial charge in [0.25, 0.3) is 0 Å². The molecule has 0 radical (unpaired) electrons. The van der Waals surface area contributed by atoms with E-state index in [4.69, 9.17) is 0 Å². The number of allylic oxidation sites excluding steroid dienone is 5. The minimum Gasteiger partial charge on any atom is -0.326 e. The van der Waals surface area contributed by atoms with Gasteiger partial charge in [0.05, 0.1) is 0 Å². The summed E-state index contributed by atoms with van der Waals surface area (Å²) in [4.78, 5) is 35.1. The lowest BCUT2D eigenvalue weighted by molar-refractivity contribution is -0.121. The number of carbonyl (C=O) groups excluding carboxylic acids is 3. The average molecular weight is 397 g/mol. The fourth-order valence-electron chi connectivity index (χ4n) is 4.05. The zero-order chi connectivity index (χ0) is 21.3. The Labute approximate surface area is 176 Å². The zero-order valence-electron chi connectivity index (χ0n) is 17.1. The van der Waals surface area contributed by atoms with E-state index in [0.717, 1.165) is 34.3 Å². The number of amides is 1. The number of nitrogens with one attached hydrogen (secondary N) is 1. The third-order valence-corrected chi connectivity index (χ3v) is 5.50. The minimum absolute atomic E-state index is 0.00365. The molecule has 0 saturated carbocycles. The highest BCUT2D eigenvalue weighted by Crippen LogP contribution is 2.41. The van der Waals surface area contributed by atoms with Crippen LogP contribution in [0, 0.1) is 6.92 Å². The molecule has 4 heteroatoms. The van der Waals surface area contributed by atoms with Crippen LogP contribution in [-0.4, -0.2) is 17.5 Å². The first-order valence-electron chi connectivity index (χ1n) is 10.1. The summed E-state index contributed by atoms with van der Waals surface area (Å²) in [6, 6.07) is 14.1. The molecular weight excluding hydrogens is 374 g/mol. The molecule has 0 heterocycles. The van der Waals surface area contributed by atoms with Crippen molar-refractivity contribution >= 4 is 28.7 Å². The highest BCUT2D eigenvalue weighted by molar-refractivity contribution is 6.05. The average Bonchev–Trinajstić information content (AvgIpc) is 2.71.